The van der Waals surface area contributed by atoms with Crippen LogP contribution in [0.15, 0.2) is 0 Å². The number of hydrogen-bond acceptors (Lipinski definition) is 6. The molecule has 11 heteroatoms. The second-order valence-corrected chi connectivity index (χ2v) is 5.83. The zero-order chi connectivity index (χ0) is 19.7. The Morgan fingerprint density at radius 3 is 1.88 bits per heavy atom. The fourth-order valence-corrected chi connectivity index (χ4v) is 1.77. The molecule has 0 aliphatic rings. The van der Waals surface area contributed by atoms with E-state index in [1.807, 2.05) is 0 Å². The van der Waals surface area contributed by atoms with E-state index in [2.05, 4.69) is 10.6 Å². The van der Waals surface area contributed by atoms with Crippen LogP contribution in [0, 0.1) is 5.92 Å². The van der Waals surface area contributed by atoms with E-state index < -0.39 is 54.2 Å². The number of nitrogens with one attached hydrogen (secondary N) is 2. The Morgan fingerprint density at radius 2 is 1.48 bits per heavy atom. The molecule has 8 N–H and O–H groups in total. The van der Waals surface area contributed by atoms with Gasteiger partial charge in [0.25, 0.3) is 0 Å². The van der Waals surface area contributed by atoms with E-state index in [-0.39, 0.29) is 18.8 Å². The average Bonchev–Trinajstić information content (AvgIpc) is 2.48. The van der Waals surface area contributed by atoms with Gasteiger partial charge in [-0.2, -0.15) is 0 Å². The van der Waals surface area contributed by atoms with E-state index in [0.717, 1.165) is 0 Å². The van der Waals surface area contributed by atoms with Crippen LogP contribution < -0.4 is 22.1 Å². The maximum absolute atomic E-state index is 12.2. The molecule has 142 valence electrons. The highest BCUT2D eigenvalue weighted by Crippen LogP contribution is 2.03. The predicted molar refractivity (Wildman–Crippen MR) is 85.0 cm³/mol. The summed E-state index contributed by atoms with van der Waals surface area (Å²) in [4.78, 5) is 56.8. The van der Waals surface area contributed by atoms with Gasteiger partial charge in [0.15, 0.2) is 0 Å². The molecular weight excluding hydrogens is 336 g/mol. The molecular formula is C14H24N4O7. The second-order valence-electron chi connectivity index (χ2n) is 5.83. The molecule has 0 saturated heterocycles. The number of carboxylic acids is 2. The lowest BCUT2D eigenvalue weighted by Gasteiger charge is -2.22. The number of primary amides is 1. The third kappa shape index (κ3) is 8.65. The summed E-state index contributed by atoms with van der Waals surface area (Å²) >= 11 is 0. The fraction of sp³-hybridized carbons (Fsp3) is 0.643. The minimum Gasteiger partial charge on any atom is -0.481 e. The van der Waals surface area contributed by atoms with Crippen molar-refractivity contribution in [2.75, 3.05) is 0 Å². The highest BCUT2D eigenvalue weighted by atomic mass is 16.4. The van der Waals surface area contributed by atoms with Gasteiger partial charge in [0.2, 0.25) is 17.7 Å². The summed E-state index contributed by atoms with van der Waals surface area (Å²) in [6.45, 7) is 3.33. The Labute approximate surface area is 144 Å². The largest absolute Gasteiger partial charge is 0.481 e. The summed E-state index contributed by atoms with van der Waals surface area (Å²) in [5.74, 6) is -5.55. The van der Waals surface area contributed by atoms with Gasteiger partial charge in [0.1, 0.15) is 12.1 Å². The van der Waals surface area contributed by atoms with Crippen LogP contribution in [0.5, 0.6) is 0 Å². The zero-order valence-electron chi connectivity index (χ0n) is 14.0. The molecule has 0 spiro atoms. The first-order valence-electron chi connectivity index (χ1n) is 7.54. The van der Waals surface area contributed by atoms with Crippen molar-refractivity contribution in [3.63, 3.8) is 0 Å². The number of carbonyl (C=O) groups is 5. The summed E-state index contributed by atoms with van der Waals surface area (Å²) in [5.41, 5.74) is 10.6. The maximum Gasteiger partial charge on any atom is 0.326 e. The van der Waals surface area contributed by atoms with Crippen molar-refractivity contribution in [1.29, 1.82) is 0 Å². The van der Waals surface area contributed by atoms with Gasteiger partial charge in [-0.25, -0.2) is 4.79 Å². The highest BCUT2D eigenvalue weighted by molar-refractivity contribution is 5.94. The van der Waals surface area contributed by atoms with E-state index >= 15 is 0 Å². The van der Waals surface area contributed by atoms with Crippen molar-refractivity contribution in [3.8, 4) is 0 Å². The van der Waals surface area contributed by atoms with Gasteiger partial charge < -0.3 is 32.3 Å². The lowest BCUT2D eigenvalue weighted by atomic mass is 10.0. The van der Waals surface area contributed by atoms with Gasteiger partial charge in [0.05, 0.1) is 12.5 Å². The summed E-state index contributed by atoms with van der Waals surface area (Å²) in [7, 11) is 0. The molecule has 0 aliphatic heterocycles. The standard InChI is InChI=1S/C14H24N4O7/c1-6(2)11(16)13(23)18-8(5-10(20)21)12(22)17-7(14(24)25)3-4-9(15)19/h6-8,11H,3-5,16H2,1-2H3,(H2,15,19)(H,17,22)(H,18,23)(H,20,21)(H,24,25). The predicted octanol–water partition coefficient (Wildman–Crippen LogP) is -2.24. The fourth-order valence-electron chi connectivity index (χ4n) is 1.77. The van der Waals surface area contributed by atoms with Crippen LogP contribution in [0.2, 0.25) is 0 Å². The van der Waals surface area contributed by atoms with Crippen LogP contribution in [0.3, 0.4) is 0 Å². The highest BCUT2D eigenvalue weighted by Gasteiger charge is 2.30. The average molecular weight is 360 g/mol. The number of amides is 3. The molecule has 0 saturated carbocycles. The molecule has 3 amide bonds. The minimum absolute atomic E-state index is 0.254. The Bertz CT molecular complexity index is 535. The Morgan fingerprint density at radius 1 is 0.960 bits per heavy atom. The van der Waals surface area contributed by atoms with Crippen LogP contribution in [0.1, 0.15) is 33.1 Å². The molecule has 0 aromatic heterocycles. The van der Waals surface area contributed by atoms with Gasteiger partial charge in [0, 0.05) is 6.42 Å². The van der Waals surface area contributed by atoms with E-state index in [1.54, 1.807) is 13.8 Å². The first kappa shape index (κ1) is 22.3. The first-order valence-corrected chi connectivity index (χ1v) is 7.54. The van der Waals surface area contributed by atoms with Crippen molar-refractivity contribution in [2.45, 2.75) is 51.2 Å². The molecule has 3 atom stereocenters. The van der Waals surface area contributed by atoms with E-state index in [9.17, 15) is 24.0 Å². The number of aliphatic carboxylic acids is 2. The van der Waals surface area contributed by atoms with E-state index in [0.29, 0.717) is 0 Å². The van der Waals surface area contributed by atoms with Gasteiger partial charge >= 0.3 is 11.9 Å². The van der Waals surface area contributed by atoms with Crippen molar-refractivity contribution in [3.05, 3.63) is 0 Å². The minimum atomic E-state index is -1.51. The van der Waals surface area contributed by atoms with Crippen molar-refractivity contribution in [2.24, 2.45) is 17.4 Å². The molecule has 0 aromatic carbocycles. The molecule has 0 fully saturated rings. The number of hydrogen-bond donors (Lipinski definition) is 6. The third-order valence-corrected chi connectivity index (χ3v) is 3.33. The molecule has 3 unspecified atom stereocenters. The van der Waals surface area contributed by atoms with Crippen LogP contribution >= 0.6 is 0 Å². The monoisotopic (exact) mass is 360 g/mol. The second kappa shape index (κ2) is 10.2. The normalized spacial score (nSPS) is 14.2. The zero-order valence-corrected chi connectivity index (χ0v) is 14.0. The Balaban J connectivity index is 5.08. The van der Waals surface area contributed by atoms with Crippen LogP contribution in [0.25, 0.3) is 0 Å². The van der Waals surface area contributed by atoms with E-state index in [1.165, 1.54) is 0 Å². The third-order valence-electron chi connectivity index (χ3n) is 3.33. The first-order chi connectivity index (χ1) is 11.5. The Hall–Kier alpha value is -2.69. The molecule has 0 heterocycles. The molecule has 0 radical (unpaired) electrons. The number of nitrogens with two attached hydrogens (primary N) is 2. The molecule has 0 rings (SSSR count). The molecule has 11 nitrogen and oxygen atoms in total. The number of carboxylic acid groups (broad SMARTS) is 2. The van der Waals surface area contributed by atoms with Crippen LogP contribution in [-0.2, 0) is 24.0 Å². The summed E-state index contributed by atoms with van der Waals surface area (Å²) in [5, 5.41) is 22.2. The number of carbonyl (C=O) groups excluding carboxylic acids is 3. The molecule has 25 heavy (non-hydrogen) atoms. The summed E-state index contributed by atoms with van der Waals surface area (Å²) in [6, 6.07) is -3.92. The van der Waals surface area contributed by atoms with Gasteiger partial charge in [-0.05, 0) is 12.3 Å². The van der Waals surface area contributed by atoms with Gasteiger partial charge in [-0.3, -0.25) is 19.2 Å². The van der Waals surface area contributed by atoms with Crippen molar-refractivity contribution < 1.29 is 34.2 Å². The van der Waals surface area contributed by atoms with Gasteiger partial charge in [-0.1, -0.05) is 13.8 Å². The molecule has 0 aromatic rings. The van der Waals surface area contributed by atoms with Gasteiger partial charge in [-0.15, -0.1) is 0 Å². The van der Waals surface area contributed by atoms with Crippen molar-refractivity contribution >= 4 is 29.7 Å². The van der Waals surface area contributed by atoms with Crippen LogP contribution in [-0.4, -0.2) is 58.0 Å². The molecule has 0 bridgehead atoms. The lowest BCUT2D eigenvalue weighted by molar-refractivity contribution is -0.143. The Kier molecular flexibility index (Phi) is 9.13. The lowest BCUT2D eigenvalue weighted by Crippen LogP contribution is -2.55. The maximum atomic E-state index is 12.2. The van der Waals surface area contributed by atoms with E-state index in [4.69, 9.17) is 21.7 Å². The summed E-state index contributed by atoms with van der Waals surface area (Å²) < 4.78 is 0. The number of rotatable bonds is 11. The van der Waals surface area contributed by atoms with Crippen molar-refractivity contribution in [1.82, 2.24) is 10.6 Å². The quantitative estimate of drug-likeness (QED) is 0.237. The summed E-state index contributed by atoms with van der Waals surface area (Å²) in [6.07, 6.45) is -1.31. The smallest absolute Gasteiger partial charge is 0.326 e. The van der Waals surface area contributed by atoms with Crippen LogP contribution in [0.4, 0.5) is 0 Å². The SMILES string of the molecule is CC(C)C(N)C(=O)NC(CC(=O)O)C(=O)NC(CCC(N)=O)C(=O)O. The molecule has 0 aliphatic carbocycles. The topological polar surface area (TPSA) is 202 Å².